The zero-order valence-corrected chi connectivity index (χ0v) is 12.8. The Kier molecular flexibility index (Phi) is 6.91. The molecule has 1 aromatic carbocycles. The smallest absolute Gasteiger partial charge is 0.251 e. The molecule has 2 N–H and O–H groups in total. The van der Waals surface area contributed by atoms with Gasteiger partial charge < -0.3 is 5.32 Å². The summed E-state index contributed by atoms with van der Waals surface area (Å²) in [5.74, 6) is -0.168. The molecule has 1 aromatic rings. The molecule has 0 bridgehead atoms. The van der Waals surface area contributed by atoms with Crippen molar-refractivity contribution in [2.45, 2.75) is 13.3 Å². The van der Waals surface area contributed by atoms with E-state index in [1.54, 1.807) is 30.6 Å². The molecule has 0 saturated carbocycles. The number of benzene rings is 1. The van der Waals surface area contributed by atoms with Crippen LogP contribution in [0, 0.1) is 11.5 Å². The van der Waals surface area contributed by atoms with Gasteiger partial charge in [-0.1, -0.05) is 30.3 Å². The summed E-state index contributed by atoms with van der Waals surface area (Å²) in [5, 5.41) is 14.7. The average molecular weight is 311 g/mol. The second kappa shape index (κ2) is 8.46. The largest absolute Gasteiger partial charge is 0.352 e. The molecule has 20 heavy (non-hydrogen) atoms. The van der Waals surface area contributed by atoms with Crippen molar-refractivity contribution in [1.29, 1.82) is 5.26 Å². The van der Waals surface area contributed by atoms with Crippen LogP contribution in [0.15, 0.2) is 23.2 Å². The van der Waals surface area contributed by atoms with Crippen molar-refractivity contribution in [3.05, 3.63) is 28.8 Å². The highest BCUT2D eigenvalue weighted by molar-refractivity contribution is 8.13. The van der Waals surface area contributed by atoms with Gasteiger partial charge >= 0.3 is 0 Å². The first-order valence-corrected chi connectivity index (χ1v) is 7.58. The van der Waals surface area contributed by atoms with Crippen molar-refractivity contribution in [3.8, 4) is 6.19 Å². The summed E-state index contributed by atoms with van der Waals surface area (Å²) in [6.45, 7) is 2.60. The Balaban J connectivity index is 3.03. The number of nitrogens with zero attached hydrogens (tertiary/aromatic N) is 2. The number of carbonyl (C=O) groups is 1. The first-order valence-electron chi connectivity index (χ1n) is 5.97. The van der Waals surface area contributed by atoms with Gasteiger partial charge in [-0.05, 0) is 30.9 Å². The monoisotopic (exact) mass is 310 g/mol. The number of amides is 1. The lowest BCUT2D eigenvalue weighted by molar-refractivity contribution is 0.0953. The first kappa shape index (κ1) is 16.3. The summed E-state index contributed by atoms with van der Waals surface area (Å²) in [7, 11) is 0. The maximum Gasteiger partial charge on any atom is 0.251 e. The summed E-state index contributed by atoms with van der Waals surface area (Å²) in [5.41, 5.74) is 0.932. The normalized spacial score (nSPS) is 10.8. The number of nitriles is 1. The van der Waals surface area contributed by atoms with Crippen molar-refractivity contribution in [2.75, 3.05) is 12.8 Å². The molecule has 0 unspecified atom stereocenters. The van der Waals surface area contributed by atoms with Crippen LogP contribution < -0.4 is 10.6 Å². The van der Waals surface area contributed by atoms with E-state index in [0.717, 1.165) is 6.42 Å². The van der Waals surface area contributed by atoms with Crippen LogP contribution in [0.25, 0.3) is 0 Å². The highest BCUT2D eigenvalue weighted by Crippen LogP contribution is 2.26. The molecular weight excluding hydrogens is 296 g/mol. The van der Waals surface area contributed by atoms with Gasteiger partial charge in [-0.3, -0.25) is 10.1 Å². The van der Waals surface area contributed by atoms with Gasteiger partial charge in [-0.15, -0.1) is 0 Å². The molecule has 0 aromatic heterocycles. The van der Waals surface area contributed by atoms with Crippen LogP contribution in [0.3, 0.4) is 0 Å². The van der Waals surface area contributed by atoms with E-state index in [1.165, 1.54) is 11.8 Å². The minimum atomic E-state index is -0.168. The summed E-state index contributed by atoms with van der Waals surface area (Å²) in [6, 6.07) is 4.86. The predicted octanol–water partition coefficient (Wildman–Crippen LogP) is 2.90. The Labute approximate surface area is 127 Å². The number of thioether (sulfide) groups is 1. The van der Waals surface area contributed by atoms with Crippen LogP contribution in [-0.4, -0.2) is 23.9 Å². The minimum absolute atomic E-state index is 0.168. The Morgan fingerprint density at radius 1 is 1.55 bits per heavy atom. The van der Waals surface area contributed by atoms with Crippen LogP contribution in [0.1, 0.15) is 23.7 Å². The maximum atomic E-state index is 11.9. The van der Waals surface area contributed by atoms with Gasteiger partial charge in [0.15, 0.2) is 11.4 Å². The standard InChI is InChI=1S/C13H15ClN4OS/c1-3-6-16-12(19)9-4-5-10(14)11(7-9)18-13(20-2)17-8-15/h4-5,7H,3,6H2,1-2H3,(H,16,19)(H,17,18). The number of hydrogen-bond donors (Lipinski definition) is 2. The average Bonchev–Trinajstić information content (AvgIpc) is 2.46. The zero-order valence-electron chi connectivity index (χ0n) is 11.2. The van der Waals surface area contributed by atoms with E-state index < -0.39 is 0 Å². The van der Waals surface area contributed by atoms with Gasteiger partial charge in [0, 0.05) is 12.1 Å². The lowest BCUT2D eigenvalue weighted by atomic mass is 10.2. The predicted molar refractivity (Wildman–Crippen MR) is 83.4 cm³/mol. The number of halogens is 1. The summed E-state index contributed by atoms with van der Waals surface area (Å²) in [4.78, 5) is 16.1. The van der Waals surface area contributed by atoms with Crippen LogP contribution in [-0.2, 0) is 0 Å². The van der Waals surface area contributed by atoms with E-state index in [2.05, 4.69) is 15.6 Å². The second-order valence-corrected chi connectivity index (χ2v) is 4.98. The van der Waals surface area contributed by atoms with Crippen LogP contribution in [0.2, 0.25) is 5.02 Å². The number of rotatable bonds is 4. The highest BCUT2D eigenvalue weighted by Gasteiger charge is 2.09. The Morgan fingerprint density at radius 3 is 2.90 bits per heavy atom. The third-order valence-electron chi connectivity index (χ3n) is 2.32. The summed E-state index contributed by atoms with van der Waals surface area (Å²) < 4.78 is 0. The molecule has 106 valence electrons. The van der Waals surface area contributed by atoms with Gasteiger partial charge in [0.1, 0.15) is 0 Å². The molecule has 0 aliphatic carbocycles. The van der Waals surface area contributed by atoms with Crippen molar-refractivity contribution in [2.24, 2.45) is 4.99 Å². The molecule has 0 atom stereocenters. The molecule has 0 saturated heterocycles. The van der Waals surface area contributed by atoms with E-state index >= 15 is 0 Å². The van der Waals surface area contributed by atoms with E-state index in [4.69, 9.17) is 16.9 Å². The number of carbonyl (C=O) groups excluding carboxylic acids is 1. The lowest BCUT2D eigenvalue weighted by Crippen LogP contribution is -2.23. The highest BCUT2D eigenvalue weighted by atomic mass is 35.5. The SMILES string of the molecule is CCCNC(=O)c1ccc(Cl)c(N=C(NC#N)SC)c1. The number of amidine groups is 1. The fourth-order valence-electron chi connectivity index (χ4n) is 1.36. The molecule has 0 fully saturated rings. The van der Waals surface area contributed by atoms with Gasteiger partial charge in [-0.25, -0.2) is 4.99 Å². The van der Waals surface area contributed by atoms with Gasteiger partial charge in [0.05, 0.1) is 10.7 Å². The van der Waals surface area contributed by atoms with E-state index in [0.29, 0.717) is 28.0 Å². The van der Waals surface area contributed by atoms with Crippen LogP contribution in [0.5, 0.6) is 0 Å². The van der Waals surface area contributed by atoms with Gasteiger partial charge in [-0.2, -0.15) is 5.26 Å². The Hall–Kier alpha value is -1.71. The summed E-state index contributed by atoms with van der Waals surface area (Å²) >= 11 is 7.33. The third-order valence-corrected chi connectivity index (χ3v) is 3.22. The van der Waals surface area contributed by atoms with Gasteiger partial charge in [0.25, 0.3) is 5.91 Å². The van der Waals surface area contributed by atoms with Crippen molar-refractivity contribution < 1.29 is 4.79 Å². The van der Waals surface area contributed by atoms with E-state index in [1.807, 2.05) is 6.92 Å². The molecule has 0 aliphatic rings. The molecular formula is C13H15ClN4OS. The number of aliphatic imine (C=N–C) groups is 1. The second-order valence-electron chi connectivity index (χ2n) is 3.78. The number of hydrogen-bond acceptors (Lipinski definition) is 4. The van der Waals surface area contributed by atoms with E-state index in [9.17, 15) is 4.79 Å². The molecule has 1 amide bonds. The topological polar surface area (TPSA) is 77.3 Å². The molecule has 0 radical (unpaired) electrons. The Morgan fingerprint density at radius 2 is 2.30 bits per heavy atom. The van der Waals surface area contributed by atoms with Crippen LogP contribution in [0.4, 0.5) is 5.69 Å². The number of nitrogens with one attached hydrogen (secondary N) is 2. The van der Waals surface area contributed by atoms with Gasteiger partial charge in [0.2, 0.25) is 0 Å². The fraction of sp³-hybridized carbons (Fsp3) is 0.308. The van der Waals surface area contributed by atoms with Crippen molar-refractivity contribution in [3.63, 3.8) is 0 Å². The molecule has 5 nitrogen and oxygen atoms in total. The fourth-order valence-corrected chi connectivity index (χ4v) is 1.86. The molecule has 0 aliphatic heterocycles. The van der Waals surface area contributed by atoms with Crippen LogP contribution >= 0.6 is 23.4 Å². The van der Waals surface area contributed by atoms with Crippen molar-refractivity contribution >= 4 is 40.1 Å². The summed E-state index contributed by atoms with van der Waals surface area (Å²) in [6.07, 6.45) is 4.45. The molecule has 0 heterocycles. The molecule has 1 rings (SSSR count). The molecule has 7 heteroatoms. The molecule has 0 spiro atoms. The Bertz CT molecular complexity index is 554. The quantitative estimate of drug-likeness (QED) is 0.388. The third kappa shape index (κ3) is 4.76. The maximum absolute atomic E-state index is 11.9. The van der Waals surface area contributed by atoms with Crippen molar-refractivity contribution in [1.82, 2.24) is 10.6 Å². The van der Waals surface area contributed by atoms with E-state index in [-0.39, 0.29) is 5.91 Å². The first-order chi connectivity index (χ1) is 9.62. The zero-order chi connectivity index (χ0) is 15.0. The lowest BCUT2D eigenvalue weighted by Gasteiger charge is -2.06. The minimum Gasteiger partial charge on any atom is -0.352 e.